The van der Waals surface area contributed by atoms with Crippen LogP contribution in [-0.2, 0) is 6.42 Å². The lowest BCUT2D eigenvalue weighted by molar-refractivity contribution is 0.0481. The fraction of sp³-hybridized carbons (Fsp3) is 0.714. The van der Waals surface area contributed by atoms with E-state index in [1.165, 1.54) is 0 Å². The van der Waals surface area contributed by atoms with E-state index in [0.717, 1.165) is 56.8 Å². The van der Waals surface area contributed by atoms with Gasteiger partial charge in [-0.05, 0) is 32.6 Å². The second kappa shape index (κ2) is 6.06. The van der Waals surface area contributed by atoms with E-state index in [9.17, 15) is 5.11 Å². The molecule has 1 fully saturated rings. The van der Waals surface area contributed by atoms with Crippen molar-refractivity contribution in [2.45, 2.75) is 51.6 Å². The molecule has 1 aromatic heterocycles. The van der Waals surface area contributed by atoms with E-state index in [4.69, 9.17) is 11.6 Å². The summed E-state index contributed by atoms with van der Waals surface area (Å²) >= 11 is 6.07. The molecule has 1 saturated heterocycles. The van der Waals surface area contributed by atoms with Crippen molar-refractivity contribution in [1.82, 2.24) is 9.97 Å². The molecule has 0 aromatic carbocycles. The summed E-state index contributed by atoms with van der Waals surface area (Å²) in [5, 5.41) is 10.6. The van der Waals surface area contributed by atoms with Crippen molar-refractivity contribution >= 4 is 17.4 Å². The number of nitrogens with zero attached hydrogens (tertiary/aromatic N) is 3. The van der Waals surface area contributed by atoms with Crippen LogP contribution in [0.1, 0.15) is 45.4 Å². The molecule has 106 valence electrons. The van der Waals surface area contributed by atoms with Gasteiger partial charge >= 0.3 is 0 Å². The van der Waals surface area contributed by atoms with Gasteiger partial charge in [0.05, 0.1) is 5.60 Å². The third-order valence-corrected chi connectivity index (χ3v) is 3.78. The number of hydrogen-bond donors (Lipinski definition) is 1. The maximum atomic E-state index is 10.1. The summed E-state index contributed by atoms with van der Waals surface area (Å²) in [6.45, 7) is 5.74. The van der Waals surface area contributed by atoms with Gasteiger partial charge in [-0.25, -0.2) is 9.97 Å². The number of hydrogen-bond acceptors (Lipinski definition) is 4. The van der Waals surface area contributed by atoms with Crippen molar-refractivity contribution in [3.63, 3.8) is 0 Å². The monoisotopic (exact) mass is 283 g/mol. The van der Waals surface area contributed by atoms with Crippen molar-refractivity contribution in [2.75, 3.05) is 18.0 Å². The summed E-state index contributed by atoms with van der Waals surface area (Å²) in [4.78, 5) is 11.0. The fourth-order valence-corrected chi connectivity index (χ4v) is 2.64. The number of aryl methyl sites for hydroxylation is 1. The molecular weight excluding hydrogens is 262 g/mol. The second-order valence-corrected chi connectivity index (χ2v) is 5.94. The summed E-state index contributed by atoms with van der Waals surface area (Å²) in [5.74, 6) is 1.70. The van der Waals surface area contributed by atoms with Crippen LogP contribution in [-0.4, -0.2) is 33.8 Å². The molecule has 1 atom stereocenters. The predicted octanol–water partition coefficient (Wildman–Crippen LogP) is 2.82. The molecule has 1 N–H and O–H groups in total. The Morgan fingerprint density at radius 3 is 2.89 bits per heavy atom. The quantitative estimate of drug-likeness (QED) is 0.867. The van der Waals surface area contributed by atoms with E-state index >= 15 is 0 Å². The summed E-state index contributed by atoms with van der Waals surface area (Å²) in [5.41, 5.74) is -0.558. The standard InChI is InChI=1S/C14H22ClN3O/c1-3-5-12-16-11(15)10-13(17-12)18-8-4-6-14(2,19)7-9-18/h10,19H,3-9H2,1-2H3. The highest BCUT2D eigenvalue weighted by atomic mass is 35.5. The van der Waals surface area contributed by atoms with Crippen molar-refractivity contribution in [1.29, 1.82) is 0 Å². The van der Waals surface area contributed by atoms with Gasteiger partial charge in [-0.15, -0.1) is 0 Å². The average molecular weight is 284 g/mol. The minimum atomic E-state index is -0.558. The number of aromatic nitrogens is 2. The Labute approximate surface area is 119 Å². The van der Waals surface area contributed by atoms with Gasteiger partial charge in [0.1, 0.15) is 16.8 Å². The number of aliphatic hydroxyl groups is 1. The molecule has 1 aromatic rings. The van der Waals surface area contributed by atoms with Crippen LogP contribution in [0.15, 0.2) is 6.07 Å². The van der Waals surface area contributed by atoms with Crippen LogP contribution < -0.4 is 4.90 Å². The third-order valence-electron chi connectivity index (χ3n) is 3.59. The first kappa shape index (κ1) is 14.5. The smallest absolute Gasteiger partial charge is 0.134 e. The SMILES string of the molecule is CCCc1nc(Cl)cc(N2CCCC(C)(O)CC2)n1. The van der Waals surface area contributed by atoms with Crippen LogP contribution >= 0.6 is 11.6 Å². The fourth-order valence-electron chi connectivity index (χ4n) is 2.44. The van der Waals surface area contributed by atoms with Crippen LogP contribution in [0, 0.1) is 0 Å². The van der Waals surface area contributed by atoms with E-state index in [-0.39, 0.29) is 0 Å². The van der Waals surface area contributed by atoms with Crippen LogP contribution in [0.3, 0.4) is 0 Å². The molecule has 0 amide bonds. The summed E-state index contributed by atoms with van der Waals surface area (Å²) in [7, 11) is 0. The summed E-state index contributed by atoms with van der Waals surface area (Å²) < 4.78 is 0. The minimum absolute atomic E-state index is 0.504. The van der Waals surface area contributed by atoms with Crippen molar-refractivity contribution < 1.29 is 5.11 Å². The van der Waals surface area contributed by atoms with E-state index < -0.39 is 5.60 Å². The number of rotatable bonds is 3. The van der Waals surface area contributed by atoms with E-state index in [1.54, 1.807) is 0 Å². The Kier molecular flexibility index (Phi) is 4.63. The van der Waals surface area contributed by atoms with Gasteiger partial charge in [0.25, 0.3) is 0 Å². The normalized spacial score (nSPS) is 24.3. The van der Waals surface area contributed by atoms with E-state index in [1.807, 2.05) is 13.0 Å². The van der Waals surface area contributed by atoms with Gasteiger partial charge < -0.3 is 10.0 Å². The van der Waals surface area contributed by atoms with Gasteiger partial charge in [-0.3, -0.25) is 0 Å². The van der Waals surface area contributed by atoms with Crippen LogP contribution in [0.4, 0.5) is 5.82 Å². The lowest BCUT2D eigenvalue weighted by Gasteiger charge is -2.23. The molecule has 0 spiro atoms. The van der Waals surface area contributed by atoms with Crippen LogP contribution in [0.5, 0.6) is 0 Å². The van der Waals surface area contributed by atoms with Crippen molar-refractivity contribution in [2.24, 2.45) is 0 Å². The Morgan fingerprint density at radius 1 is 1.37 bits per heavy atom. The average Bonchev–Trinajstić information content (AvgIpc) is 2.50. The third kappa shape index (κ3) is 4.05. The molecule has 1 aliphatic heterocycles. The molecule has 19 heavy (non-hydrogen) atoms. The predicted molar refractivity (Wildman–Crippen MR) is 77.7 cm³/mol. The molecule has 5 heteroatoms. The van der Waals surface area contributed by atoms with Crippen molar-refractivity contribution in [3.8, 4) is 0 Å². The van der Waals surface area contributed by atoms with Crippen LogP contribution in [0.25, 0.3) is 0 Å². The lowest BCUT2D eigenvalue weighted by Crippen LogP contribution is -2.29. The Balaban J connectivity index is 2.16. The van der Waals surface area contributed by atoms with Gasteiger partial charge in [0.2, 0.25) is 0 Å². The Morgan fingerprint density at radius 2 is 2.16 bits per heavy atom. The number of anilines is 1. The first-order valence-electron chi connectivity index (χ1n) is 7.01. The largest absolute Gasteiger partial charge is 0.390 e. The highest BCUT2D eigenvalue weighted by molar-refractivity contribution is 6.29. The van der Waals surface area contributed by atoms with E-state index in [0.29, 0.717) is 5.15 Å². The zero-order valence-corrected chi connectivity index (χ0v) is 12.4. The summed E-state index contributed by atoms with van der Waals surface area (Å²) in [6, 6.07) is 1.82. The molecular formula is C14H22ClN3O. The molecule has 4 nitrogen and oxygen atoms in total. The highest BCUT2D eigenvalue weighted by Crippen LogP contribution is 2.25. The van der Waals surface area contributed by atoms with Crippen LogP contribution in [0.2, 0.25) is 5.15 Å². The maximum absolute atomic E-state index is 10.1. The number of halogens is 1. The first-order chi connectivity index (χ1) is 9.00. The van der Waals surface area contributed by atoms with Gasteiger partial charge in [-0.2, -0.15) is 0 Å². The van der Waals surface area contributed by atoms with E-state index in [2.05, 4.69) is 21.8 Å². The molecule has 1 aliphatic rings. The topological polar surface area (TPSA) is 49.2 Å². The molecule has 0 aliphatic carbocycles. The molecule has 2 heterocycles. The molecule has 1 unspecified atom stereocenters. The Hall–Kier alpha value is -0.870. The van der Waals surface area contributed by atoms with Crippen molar-refractivity contribution in [3.05, 3.63) is 17.0 Å². The Bertz CT molecular complexity index is 437. The lowest BCUT2D eigenvalue weighted by atomic mass is 9.98. The second-order valence-electron chi connectivity index (χ2n) is 5.55. The molecule has 0 radical (unpaired) electrons. The molecule has 2 rings (SSSR count). The zero-order chi connectivity index (χ0) is 13.9. The minimum Gasteiger partial charge on any atom is -0.390 e. The first-order valence-corrected chi connectivity index (χ1v) is 7.39. The molecule has 0 saturated carbocycles. The summed E-state index contributed by atoms with van der Waals surface area (Å²) in [6.07, 6.45) is 4.42. The highest BCUT2D eigenvalue weighted by Gasteiger charge is 2.25. The van der Waals surface area contributed by atoms with Gasteiger partial charge in [0, 0.05) is 25.6 Å². The van der Waals surface area contributed by atoms with Gasteiger partial charge in [-0.1, -0.05) is 18.5 Å². The zero-order valence-electron chi connectivity index (χ0n) is 11.7. The van der Waals surface area contributed by atoms with Gasteiger partial charge in [0.15, 0.2) is 0 Å². The molecule has 0 bridgehead atoms. The maximum Gasteiger partial charge on any atom is 0.134 e.